The zero-order valence-electron chi connectivity index (χ0n) is 25.4. The second-order valence-corrected chi connectivity index (χ2v) is 11.8. The minimum atomic E-state index is -4.61. The average molecular weight is 650 g/mol. The van der Waals surface area contributed by atoms with Crippen LogP contribution in [0.15, 0.2) is 67.0 Å². The van der Waals surface area contributed by atoms with E-state index in [4.69, 9.17) is 16.3 Å². The van der Waals surface area contributed by atoms with Crippen molar-refractivity contribution in [1.82, 2.24) is 29.3 Å². The zero-order valence-corrected chi connectivity index (χ0v) is 26.2. The lowest BCUT2D eigenvalue weighted by molar-refractivity contribution is -0.138. The molecule has 238 valence electrons. The Kier molecular flexibility index (Phi) is 8.69. The van der Waals surface area contributed by atoms with Gasteiger partial charge in [0, 0.05) is 67.7 Å². The van der Waals surface area contributed by atoms with Crippen molar-refractivity contribution in [3.63, 3.8) is 0 Å². The van der Waals surface area contributed by atoms with Gasteiger partial charge in [-0.25, -0.2) is 9.97 Å². The topological polar surface area (TPSA) is 88.4 Å². The van der Waals surface area contributed by atoms with E-state index in [1.54, 1.807) is 67.3 Å². The number of alkyl halides is 3. The normalized spacial score (nSPS) is 14.5. The van der Waals surface area contributed by atoms with Crippen LogP contribution in [-0.4, -0.2) is 68.5 Å². The number of carbonyl (C=O) groups excluding carboxylic acids is 1. The maximum absolute atomic E-state index is 14.1. The van der Waals surface area contributed by atoms with Gasteiger partial charge in [0.15, 0.2) is 17.0 Å². The monoisotopic (exact) mass is 649 g/mol. The van der Waals surface area contributed by atoms with Crippen molar-refractivity contribution < 1.29 is 22.7 Å². The van der Waals surface area contributed by atoms with Gasteiger partial charge in [-0.05, 0) is 67.6 Å². The number of fused-ring (bicyclic) bond motifs is 1. The predicted octanol–water partition coefficient (Wildman–Crippen LogP) is 6.80. The van der Waals surface area contributed by atoms with Gasteiger partial charge < -0.3 is 19.5 Å². The number of anilines is 1. The quantitative estimate of drug-likeness (QED) is 0.207. The van der Waals surface area contributed by atoms with Crippen molar-refractivity contribution >= 4 is 34.4 Å². The fourth-order valence-electron chi connectivity index (χ4n) is 5.25. The molecule has 2 aromatic heterocycles. The number of ether oxygens (including phenoxy) is 1. The van der Waals surface area contributed by atoms with Gasteiger partial charge >= 0.3 is 6.18 Å². The molecule has 1 fully saturated rings. The van der Waals surface area contributed by atoms with E-state index in [0.717, 1.165) is 24.7 Å². The Hall–Kier alpha value is -4.52. The van der Waals surface area contributed by atoms with E-state index in [1.807, 2.05) is 11.9 Å². The Morgan fingerprint density at radius 2 is 1.72 bits per heavy atom. The third-order valence-electron chi connectivity index (χ3n) is 7.97. The first-order valence-electron chi connectivity index (χ1n) is 14.6. The number of benzene rings is 3. The summed E-state index contributed by atoms with van der Waals surface area (Å²) in [6.07, 6.45) is -3.01. The number of aryl methyl sites for hydroxylation is 2. The van der Waals surface area contributed by atoms with E-state index >= 15 is 0 Å². The van der Waals surface area contributed by atoms with E-state index < -0.39 is 17.6 Å². The lowest BCUT2D eigenvalue weighted by Crippen LogP contribution is -2.44. The fourth-order valence-corrected chi connectivity index (χ4v) is 5.38. The van der Waals surface area contributed by atoms with Crippen molar-refractivity contribution in [2.45, 2.75) is 19.6 Å². The molecule has 1 aliphatic rings. The van der Waals surface area contributed by atoms with Crippen LogP contribution < -0.4 is 10.1 Å². The number of aromatic nitrogens is 4. The van der Waals surface area contributed by atoms with E-state index in [1.165, 1.54) is 12.1 Å². The number of halogens is 4. The Labute approximate surface area is 268 Å². The molecule has 0 atom stereocenters. The van der Waals surface area contributed by atoms with Crippen molar-refractivity contribution in [2.75, 3.05) is 38.5 Å². The molecule has 0 spiro atoms. The highest BCUT2D eigenvalue weighted by Crippen LogP contribution is 2.35. The largest absolute Gasteiger partial charge is 0.437 e. The third-order valence-corrected chi connectivity index (χ3v) is 8.22. The molecular weight excluding hydrogens is 619 g/mol. The second-order valence-electron chi connectivity index (χ2n) is 11.4. The summed E-state index contributed by atoms with van der Waals surface area (Å²) in [7, 11) is 3.80. The summed E-state index contributed by atoms with van der Waals surface area (Å²) in [5.74, 6) is 0.269. The van der Waals surface area contributed by atoms with Gasteiger partial charge in [0.2, 0.25) is 0 Å². The van der Waals surface area contributed by atoms with Gasteiger partial charge in [-0.15, -0.1) is 0 Å². The molecule has 0 unspecified atom stereocenters. The van der Waals surface area contributed by atoms with E-state index in [-0.39, 0.29) is 23.6 Å². The summed E-state index contributed by atoms with van der Waals surface area (Å²) in [6, 6.07) is 15.9. The summed E-state index contributed by atoms with van der Waals surface area (Å²) < 4.78 is 50.3. The van der Waals surface area contributed by atoms with Gasteiger partial charge in [0.05, 0.1) is 11.9 Å². The highest BCUT2D eigenvalue weighted by molar-refractivity contribution is 6.30. The third kappa shape index (κ3) is 6.84. The number of amides is 1. The Balaban J connectivity index is 1.25. The molecule has 1 saturated heterocycles. The number of nitrogens with one attached hydrogen (secondary N) is 1. The maximum Gasteiger partial charge on any atom is 0.416 e. The molecule has 3 aromatic carbocycles. The summed E-state index contributed by atoms with van der Waals surface area (Å²) >= 11 is 6.06. The number of imidazole rings is 1. The van der Waals surface area contributed by atoms with Crippen LogP contribution in [0.1, 0.15) is 27.0 Å². The number of hydrogen-bond acceptors (Lipinski definition) is 7. The van der Waals surface area contributed by atoms with Gasteiger partial charge in [-0.1, -0.05) is 23.7 Å². The van der Waals surface area contributed by atoms with Crippen LogP contribution in [0.2, 0.25) is 5.02 Å². The molecule has 9 nitrogen and oxygen atoms in total. The van der Waals surface area contributed by atoms with Crippen LogP contribution >= 0.6 is 11.6 Å². The van der Waals surface area contributed by atoms with Crippen LogP contribution in [0, 0.1) is 6.92 Å². The van der Waals surface area contributed by atoms with E-state index in [9.17, 15) is 18.0 Å². The lowest BCUT2D eigenvalue weighted by Gasteiger charge is -2.33. The van der Waals surface area contributed by atoms with Crippen LogP contribution in [0.5, 0.6) is 11.6 Å². The summed E-state index contributed by atoms with van der Waals surface area (Å²) in [5.41, 5.74) is 2.00. The lowest BCUT2D eigenvalue weighted by atomic mass is 10.0. The molecule has 46 heavy (non-hydrogen) atoms. The number of rotatable bonds is 7. The van der Waals surface area contributed by atoms with E-state index in [0.29, 0.717) is 52.1 Å². The number of nitrogens with zero attached hydrogens (tertiary/aromatic N) is 6. The van der Waals surface area contributed by atoms with E-state index in [2.05, 4.69) is 25.2 Å². The number of hydrogen-bond donors (Lipinski definition) is 1. The van der Waals surface area contributed by atoms with Crippen molar-refractivity contribution in [1.29, 1.82) is 0 Å². The van der Waals surface area contributed by atoms with Gasteiger partial charge in [-0.2, -0.15) is 18.2 Å². The molecule has 6 rings (SSSR count). The molecule has 0 bridgehead atoms. The number of carbonyl (C=O) groups is 1. The fraction of sp³-hybridized carbons (Fsp3) is 0.273. The SMILES string of the molecule is Cc1ccc(Oc2nc(-c3ccc(Cl)cc3)nc3c2ncn3C)cc1NC(=O)c1ccc(CN2CCN(C)CC2)c(C(F)(F)F)c1. The second kappa shape index (κ2) is 12.7. The van der Waals surface area contributed by atoms with Crippen molar-refractivity contribution in [3.8, 4) is 23.0 Å². The molecule has 5 aromatic rings. The van der Waals surface area contributed by atoms with Gasteiger partial charge in [0.25, 0.3) is 11.8 Å². The van der Waals surface area contributed by atoms with Crippen molar-refractivity contribution in [3.05, 3.63) is 94.3 Å². The molecular formula is C33H31ClF3N7O2. The van der Waals surface area contributed by atoms with Gasteiger partial charge in [0.1, 0.15) is 5.75 Å². The summed E-state index contributed by atoms with van der Waals surface area (Å²) in [6.45, 7) is 4.87. The first-order chi connectivity index (χ1) is 21.9. The number of likely N-dealkylation sites (N-methyl/N-ethyl adjacent to an activating group) is 1. The standard InChI is InChI=1S/C33H31ClF3N7O2/c1-20-4-11-25(46-32-28-30(43(3)19-38-28)40-29(41-32)21-7-9-24(34)10-8-21)17-27(20)39-31(45)22-5-6-23(26(16-22)33(35,36)37)18-44-14-12-42(2)13-15-44/h4-11,16-17,19H,12-15,18H2,1-3H3,(H,39,45). The molecule has 0 radical (unpaired) electrons. The number of piperazine rings is 1. The predicted molar refractivity (Wildman–Crippen MR) is 170 cm³/mol. The smallest absolute Gasteiger partial charge is 0.416 e. The van der Waals surface area contributed by atoms with Crippen LogP contribution in [-0.2, 0) is 19.8 Å². The minimum Gasteiger partial charge on any atom is -0.437 e. The highest BCUT2D eigenvalue weighted by atomic mass is 35.5. The van der Waals surface area contributed by atoms with Crippen LogP contribution in [0.4, 0.5) is 18.9 Å². The maximum atomic E-state index is 14.1. The molecule has 0 saturated carbocycles. The molecule has 13 heteroatoms. The minimum absolute atomic E-state index is 0.0984. The molecule has 1 aliphatic heterocycles. The molecule has 0 aliphatic carbocycles. The van der Waals surface area contributed by atoms with Crippen molar-refractivity contribution in [2.24, 2.45) is 7.05 Å². The Morgan fingerprint density at radius 1 is 0.978 bits per heavy atom. The summed E-state index contributed by atoms with van der Waals surface area (Å²) in [4.78, 5) is 31.0. The van der Waals surface area contributed by atoms with Crippen LogP contribution in [0.3, 0.4) is 0 Å². The Morgan fingerprint density at radius 3 is 2.43 bits per heavy atom. The summed E-state index contributed by atoms with van der Waals surface area (Å²) in [5, 5.41) is 3.33. The van der Waals surface area contributed by atoms with Crippen LogP contribution in [0.25, 0.3) is 22.6 Å². The molecule has 3 heterocycles. The first kappa shape index (κ1) is 31.5. The average Bonchev–Trinajstić information content (AvgIpc) is 3.40. The Bertz CT molecular complexity index is 1900. The highest BCUT2D eigenvalue weighted by Gasteiger charge is 2.34. The first-order valence-corrected chi connectivity index (χ1v) is 15.0. The van der Waals surface area contributed by atoms with Gasteiger partial charge in [-0.3, -0.25) is 9.69 Å². The molecule has 1 N–H and O–H groups in total. The molecule has 1 amide bonds. The zero-order chi connectivity index (χ0) is 32.6.